The number of benzene rings is 1. The summed E-state index contributed by atoms with van der Waals surface area (Å²) in [5.41, 5.74) is -0.659. The lowest BCUT2D eigenvalue weighted by molar-refractivity contribution is -0.137. The molecule has 1 aliphatic rings. The Kier molecular flexibility index (Phi) is 5.85. The van der Waals surface area contributed by atoms with Crippen molar-refractivity contribution >= 4 is 33.8 Å². The van der Waals surface area contributed by atoms with Crippen LogP contribution in [0.25, 0.3) is 0 Å². The molecule has 150 valence electrons. The van der Waals surface area contributed by atoms with Gasteiger partial charge in [-0.25, -0.2) is 19.2 Å². The van der Waals surface area contributed by atoms with E-state index in [4.69, 9.17) is 4.74 Å². The van der Waals surface area contributed by atoms with Crippen molar-refractivity contribution in [1.82, 2.24) is 14.9 Å². The number of amides is 1. The van der Waals surface area contributed by atoms with Gasteiger partial charge < -0.3 is 4.74 Å². The minimum atomic E-state index is -4.71. The van der Waals surface area contributed by atoms with Crippen molar-refractivity contribution < 1.29 is 27.1 Å². The molecular weight excluding hydrogens is 466 g/mol. The van der Waals surface area contributed by atoms with Crippen molar-refractivity contribution in [2.45, 2.75) is 36.9 Å². The second-order valence-corrected chi connectivity index (χ2v) is 7.72. The summed E-state index contributed by atoms with van der Waals surface area (Å²) in [5.74, 6) is -1.05. The van der Waals surface area contributed by atoms with Gasteiger partial charge in [0.05, 0.1) is 28.3 Å². The van der Waals surface area contributed by atoms with Gasteiger partial charge in [-0.1, -0.05) is 11.8 Å². The van der Waals surface area contributed by atoms with Crippen molar-refractivity contribution in [3.63, 3.8) is 0 Å². The predicted molar refractivity (Wildman–Crippen MR) is 97.1 cm³/mol. The van der Waals surface area contributed by atoms with Crippen molar-refractivity contribution in [2.24, 2.45) is 0 Å². The zero-order valence-electron chi connectivity index (χ0n) is 14.6. The molecule has 0 N–H and O–H groups in total. The third kappa shape index (κ3) is 4.24. The van der Waals surface area contributed by atoms with Gasteiger partial charge in [0.25, 0.3) is 0 Å². The minimum Gasteiger partial charge on any atom is -0.439 e. The second kappa shape index (κ2) is 7.86. The maximum atomic E-state index is 13.7. The van der Waals surface area contributed by atoms with Crippen LogP contribution in [0.5, 0.6) is 0 Å². The van der Waals surface area contributed by atoms with E-state index in [1.807, 2.05) is 0 Å². The molecule has 0 spiro atoms. The van der Waals surface area contributed by atoms with Crippen LogP contribution < -0.4 is 0 Å². The molecule has 0 unspecified atom stereocenters. The van der Waals surface area contributed by atoms with Crippen LogP contribution in [0.4, 0.5) is 22.4 Å². The van der Waals surface area contributed by atoms with Crippen LogP contribution in [-0.2, 0) is 17.5 Å². The monoisotopic (exact) mass is 479 g/mol. The standard InChI is InChI=1S/C17H14BrF4N3O2S/c1-8-14(9-3-10(17(20,21)22)5-11(19)4-9)27-16(26)25(8)7-13-12(18)6-23-15(24-13)28-2/h3-6,8,14H,7H2,1-2H3/t8-,14-/m0/s1. The molecule has 1 aromatic carbocycles. The fraction of sp³-hybridized carbons (Fsp3) is 0.353. The van der Waals surface area contributed by atoms with Gasteiger partial charge in [0.15, 0.2) is 5.16 Å². The number of halogens is 5. The van der Waals surface area contributed by atoms with Crippen molar-refractivity contribution in [3.05, 3.63) is 51.5 Å². The van der Waals surface area contributed by atoms with E-state index in [1.54, 1.807) is 19.4 Å². The zero-order valence-corrected chi connectivity index (χ0v) is 17.0. The van der Waals surface area contributed by atoms with Gasteiger partial charge in [-0.15, -0.1) is 0 Å². The molecule has 1 aromatic heterocycles. The molecule has 1 saturated heterocycles. The second-order valence-electron chi connectivity index (χ2n) is 6.10. The van der Waals surface area contributed by atoms with Gasteiger partial charge in [0, 0.05) is 6.20 Å². The van der Waals surface area contributed by atoms with Crippen LogP contribution in [0.1, 0.15) is 29.8 Å². The van der Waals surface area contributed by atoms with E-state index in [2.05, 4.69) is 25.9 Å². The van der Waals surface area contributed by atoms with Gasteiger partial charge in [0.1, 0.15) is 11.9 Å². The summed E-state index contributed by atoms with van der Waals surface area (Å²) in [6, 6.07) is 1.52. The lowest BCUT2D eigenvalue weighted by Gasteiger charge is -2.21. The molecule has 3 rings (SSSR count). The molecule has 0 saturated carbocycles. The Bertz CT molecular complexity index is 912. The summed E-state index contributed by atoms with van der Waals surface area (Å²) in [5, 5.41) is 0.509. The molecule has 1 amide bonds. The number of alkyl halides is 3. The van der Waals surface area contributed by atoms with E-state index >= 15 is 0 Å². The number of nitrogens with zero attached hydrogens (tertiary/aromatic N) is 3. The number of rotatable bonds is 4. The first-order chi connectivity index (χ1) is 13.1. The normalized spacial score (nSPS) is 19.8. The highest BCUT2D eigenvalue weighted by atomic mass is 79.9. The highest BCUT2D eigenvalue weighted by Crippen LogP contribution is 2.37. The molecule has 0 aliphatic carbocycles. The fourth-order valence-corrected chi connectivity index (χ4v) is 3.53. The Hall–Kier alpha value is -1.88. The van der Waals surface area contributed by atoms with E-state index in [0.717, 1.165) is 12.1 Å². The molecule has 1 fully saturated rings. The molecule has 2 atom stereocenters. The van der Waals surface area contributed by atoms with Crippen LogP contribution in [0.2, 0.25) is 0 Å². The first kappa shape index (κ1) is 20.8. The summed E-state index contributed by atoms with van der Waals surface area (Å²) < 4.78 is 58.5. The minimum absolute atomic E-state index is 0.0535. The zero-order chi connectivity index (χ0) is 20.6. The molecule has 1 aliphatic heterocycles. The van der Waals surface area contributed by atoms with Crippen LogP contribution in [-0.4, -0.2) is 33.3 Å². The fourth-order valence-electron chi connectivity index (χ4n) is 2.85. The molecular formula is C17H14BrF4N3O2S. The van der Waals surface area contributed by atoms with E-state index in [9.17, 15) is 22.4 Å². The topological polar surface area (TPSA) is 55.3 Å². The third-order valence-corrected chi connectivity index (χ3v) is 5.49. The summed E-state index contributed by atoms with van der Waals surface area (Å²) >= 11 is 4.65. The van der Waals surface area contributed by atoms with Gasteiger partial charge in [-0.2, -0.15) is 13.2 Å². The van der Waals surface area contributed by atoms with Gasteiger partial charge in [-0.3, -0.25) is 4.90 Å². The van der Waals surface area contributed by atoms with Gasteiger partial charge in [0.2, 0.25) is 0 Å². The molecule has 2 heterocycles. The predicted octanol–water partition coefficient (Wildman–Crippen LogP) is 5.20. The Morgan fingerprint density at radius 1 is 1.32 bits per heavy atom. The van der Waals surface area contributed by atoms with Crippen LogP contribution in [0, 0.1) is 5.82 Å². The highest BCUT2D eigenvalue weighted by molar-refractivity contribution is 9.10. The van der Waals surface area contributed by atoms with Crippen molar-refractivity contribution in [3.8, 4) is 0 Å². The first-order valence-electron chi connectivity index (χ1n) is 8.00. The SMILES string of the molecule is CSc1ncc(Br)c(CN2C(=O)O[C@H](c3cc(F)cc(C(F)(F)F)c3)[C@@H]2C)n1. The van der Waals surface area contributed by atoms with E-state index in [1.165, 1.54) is 16.7 Å². The van der Waals surface area contributed by atoms with E-state index in [0.29, 0.717) is 21.4 Å². The quantitative estimate of drug-likeness (QED) is 0.342. The maximum Gasteiger partial charge on any atom is 0.416 e. The number of aromatic nitrogens is 2. The Balaban J connectivity index is 1.88. The van der Waals surface area contributed by atoms with E-state index < -0.39 is 35.8 Å². The molecule has 11 heteroatoms. The molecule has 5 nitrogen and oxygen atoms in total. The third-order valence-electron chi connectivity index (χ3n) is 4.27. The maximum absolute atomic E-state index is 13.7. The summed E-state index contributed by atoms with van der Waals surface area (Å²) in [6.07, 6.45) is -3.10. The van der Waals surface area contributed by atoms with Crippen LogP contribution in [0.15, 0.2) is 34.0 Å². The van der Waals surface area contributed by atoms with Gasteiger partial charge >= 0.3 is 12.3 Å². The largest absolute Gasteiger partial charge is 0.439 e. The smallest absolute Gasteiger partial charge is 0.416 e. The first-order valence-corrected chi connectivity index (χ1v) is 10.0. The summed E-state index contributed by atoms with van der Waals surface area (Å²) in [4.78, 5) is 22.1. The lowest BCUT2D eigenvalue weighted by Crippen LogP contribution is -2.32. The lowest BCUT2D eigenvalue weighted by atomic mass is 10.0. The van der Waals surface area contributed by atoms with Crippen molar-refractivity contribution in [1.29, 1.82) is 0 Å². The number of ether oxygens (including phenoxy) is 1. The van der Waals surface area contributed by atoms with Gasteiger partial charge in [-0.05, 0) is 52.9 Å². The molecule has 0 radical (unpaired) electrons. The molecule has 28 heavy (non-hydrogen) atoms. The number of hydrogen-bond acceptors (Lipinski definition) is 5. The number of carbonyl (C=O) groups excluding carboxylic acids is 1. The molecule has 2 aromatic rings. The summed E-state index contributed by atoms with van der Waals surface area (Å²) in [6.45, 7) is 1.69. The highest BCUT2D eigenvalue weighted by Gasteiger charge is 2.41. The number of carbonyl (C=O) groups is 1. The van der Waals surface area contributed by atoms with Crippen molar-refractivity contribution in [2.75, 3.05) is 6.26 Å². The Morgan fingerprint density at radius 3 is 2.68 bits per heavy atom. The van der Waals surface area contributed by atoms with Crippen LogP contribution >= 0.6 is 27.7 Å². The Labute approximate surface area is 170 Å². The Morgan fingerprint density at radius 2 is 2.04 bits per heavy atom. The average Bonchev–Trinajstić information content (AvgIpc) is 2.90. The number of cyclic esters (lactones) is 1. The molecule has 0 bridgehead atoms. The average molecular weight is 480 g/mol. The number of thioether (sulfide) groups is 1. The van der Waals surface area contributed by atoms with E-state index in [-0.39, 0.29) is 12.1 Å². The number of hydrogen-bond donors (Lipinski definition) is 0. The van der Waals surface area contributed by atoms with Crippen LogP contribution in [0.3, 0.4) is 0 Å². The summed E-state index contributed by atoms with van der Waals surface area (Å²) in [7, 11) is 0.